The first-order chi connectivity index (χ1) is 14.0. The maximum atomic E-state index is 13.2. The van der Waals surface area contributed by atoms with Crippen LogP contribution in [0.15, 0.2) is 54.4 Å². The molecule has 1 aromatic carbocycles. The Labute approximate surface area is 176 Å². The molecule has 0 unspecified atom stereocenters. The molecule has 1 aliphatic heterocycles. The fraction of sp³-hybridized carbons (Fsp3) is 0.391. The first-order valence-electron chi connectivity index (χ1n) is 9.94. The van der Waals surface area contributed by atoms with Crippen LogP contribution in [0.4, 0.5) is 0 Å². The van der Waals surface area contributed by atoms with Gasteiger partial charge < -0.3 is 14.5 Å². The van der Waals surface area contributed by atoms with Crippen LogP contribution < -0.4 is 4.74 Å². The van der Waals surface area contributed by atoms with Crippen LogP contribution in [0.3, 0.4) is 0 Å². The molecular weight excluding hydrogens is 384 g/mol. The van der Waals surface area contributed by atoms with Gasteiger partial charge in [-0.05, 0) is 35.6 Å². The molecule has 0 fully saturated rings. The molecule has 2 aromatic rings. The lowest BCUT2D eigenvalue weighted by molar-refractivity contribution is -0.143. The number of hydrogen-bond acceptors (Lipinski definition) is 4. The van der Waals surface area contributed by atoms with Gasteiger partial charge >= 0.3 is 0 Å². The molecule has 0 saturated carbocycles. The standard InChI is InChI=1S/C23H28N2O3S/c1-4-12-24(23(27)17(2)3)15-22(26)25-13-10-21-19(11-14-29-21)20(25)16-28-18-8-6-5-7-9-18/h4-9,11,14,17,20H,1,10,12-13,15-16H2,2-3H3/t20-/m0/s1. The average molecular weight is 413 g/mol. The second kappa shape index (κ2) is 9.74. The third kappa shape index (κ3) is 5.07. The molecule has 0 saturated heterocycles. The van der Waals surface area contributed by atoms with Crippen molar-refractivity contribution in [3.63, 3.8) is 0 Å². The molecule has 1 atom stereocenters. The number of nitrogens with zero attached hydrogens (tertiary/aromatic N) is 2. The largest absolute Gasteiger partial charge is 0.491 e. The second-order valence-corrected chi connectivity index (χ2v) is 8.44. The molecular formula is C23H28N2O3S. The zero-order valence-electron chi connectivity index (χ0n) is 17.0. The molecule has 29 heavy (non-hydrogen) atoms. The highest BCUT2D eigenvalue weighted by molar-refractivity contribution is 7.10. The lowest BCUT2D eigenvalue weighted by atomic mass is 10.0. The van der Waals surface area contributed by atoms with E-state index in [9.17, 15) is 9.59 Å². The Morgan fingerprint density at radius 3 is 2.76 bits per heavy atom. The van der Waals surface area contributed by atoms with E-state index in [4.69, 9.17) is 4.74 Å². The number of fused-ring (bicyclic) bond motifs is 1. The quantitative estimate of drug-likeness (QED) is 0.618. The van der Waals surface area contributed by atoms with Gasteiger partial charge in [0.05, 0.1) is 6.04 Å². The summed E-state index contributed by atoms with van der Waals surface area (Å²) in [7, 11) is 0. The number of benzene rings is 1. The van der Waals surface area contributed by atoms with Gasteiger partial charge in [0, 0.05) is 23.9 Å². The molecule has 2 heterocycles. The van der Waals surface area contributed by atoms with E-state index in [1.807, 2.05) is 49.1 Å². The van der Waals surface area contributed by atoms with E-state index in [-0.39, 0.29) is 30.3 Å². The highest BCUT2D eigenvalue weighted by Crippen LogP contribution is 2.34. The molecule has 1 aliphatic rings. The van der Waals surface area contributed by atoms with Crippen LogP contribution in [0.2, 0.25) is 0 Å². The number of amides is 2. The summed E-state index contributed by atoms with van der Waals surface area (Å²) < 4.78 is 6.00. The molecule has 0 spiro atoms. The van der Waals surface area contributed by atoms with Crippen molar-refractivity contribution in [1.29, 1.82) is 0 Å². The average Bonchev–Trinajstić information content (AvgIpc) is 3.20. The number of thiophene rings is 1. The Morgan fingerprint density at radius 1 is 1.31 bits per heavy atom. The first-order valence-corrected chi connectivity index (χ1v) is 10.8. The Hall–Kier alpha value is -2.60. The highest BCUT2D eigenvalue weighted by atomic mass is 32.1. The molecule has 6 heteroatoms. The summed E-state index contributed by atoms with van der Waals surface area (Å²) in [6.45, 7) is 8.86. The minimum absolute atomic E-state index is 0.0384. The van der Waals surface area contributed by atoms with Crippen molar-refractivity contribution in [2.24, 2.45) is 5.92 Å². The molecule has 3 rings (SSSR count). The third-order valence-corrected chi connectivity index (χ3v) is 6.04. The fourth-order valence-corrected chi connectivity index (χ4v) is 4.50. The van der Waals surface area contributed by atoms with Crippen molar-refractivity contribution in [1.82, 2.24) is 9.80 Å². The van der Waals surface area contributed by atoms with E-state index in [1.54, 1.807) is 22.3 Å². The van der Waals surface area contributed by atoms with Crippen LogP contribution in [-0.2, 0) is 16.0 Å². The van der Waals surface area contributed by atoms with E-state index in [2.05, 4.69) is 18.0 Å². The van der Waals surface area contributed by atoms with Crippen LogP contribution in [0.1, 0.15) is 30.3 Å². The predicted octanol–water partition coefficient (Wildman–Crippen LogP) is 3.92. The van der Waals surface area contributed by atoms with Crippen molar-refractivity contribution < 1.29 is 14.3 Å². The van der Waals surface area contributed by atoms with Crippen molar-refractivity contribution in [2.75, 3.05) is 26.2 Å². The molecule has 154 valence electrons. The number of carbonyl (C=O) groups is 2. The van der Waals surface area contributed by atoms with Gasteiger partial charge in [0.25, 0.3) is 0 Å². The minimum atomic E-state index is -0.162. The van der Waals surface area contributed by atoms with Crippen LogP contribution in [0.5, 0.6) is 5.75 Å². The van der Waals surface area contributed by atoms with Gasteiger partial charge in [-0.25, -0.2) is 0 Å². The number of rotatable bonds is 8. The number of para-hydroxylation sites is 1. The number of carbonyl (C=O) groups excluding carboxylic acids is 2. The summed E-state index contributed by atoms with van der Waals surface area (Å²) in [5.41, 5.74) is 1.15. The smallest absolute Gasteiger partial charge is 0.242 e. The normalized spacial score (nSPS) is 15.7. The van der Waals surface area contributed by atoms with Gasteiger partial charge in [0.15, 0.2) is 0 Å². The zero-order chi connectivity index (χ0) is 20.8. The lowest BCUT2D eigenvalue weighted by Gasteiger charge is -2.37. The third-order valence-electron chi connectivity index (χ3n) is 5.05. The van der Waals surface area contributed by atoms with E-state index < -0.39 is 0 Å². The molecule has 5 nitrogen and oxygen atoms in total. The maximum Gasteiger partial charge on any atom is 0.242 e. The lowest BCUT2D eigenvalue weighted by Crippen LogP contribution is -2.48. The summed E-state index contributed by atoms with van der Waals surface area (Å²) in [5, 5.41) is 2.07. The summed E-state index contributed by atoms with van der Waals surface area (Å²) in [6, 6.07) is 11.6. The molecule has 0 radical (unpaired) electrons. The van der Waals surface area contributed by atoms with Gasteiger partial charge in [-0.15, -0.1) is 17.9 Å². The van der Waals surface area contributed by atoms with Crippen molar-refractivity contribution >= 4 is 23.2 Å². The SMILES string of the molecule is C=CCN(CC(=O)N1CCc2sccc2[C@@H]1COc1ccccc1)C(=O)C(C)C. The number of hydrogen-bond donors (Lipinski definition) is 0. The van der Waals surface area contributed by atoms with E-state index in [0.29, 0.717) is 19.7 Å². The molecule has 0 N–H and O–H groups in total. The molecule has 1 aromatic heterocycles. The van der Waals surface area contributed by atoms with Crippen LogP contribution in [0, 0.1) is 5.92 Å². The Balaban J connectivity index is 1.77. The maximum absolute atomic E-state index is 13.2. The topological polar surface area (TPSA) is 49.9 Å². The van der Waals surface area contributed by atoms with E-state index in [1.165, 1.54) is 4.88 Å². The van der Waals surface area contributed by atoms with E-state index >= 15 is 0 Å². The Bertz CT molecular complexity index is 847. The highest BCUT2D eigenvalue weighted by Gasteiger charge is 2.33. The summed E-state index contributed by atoms with van der Waals surface area (Å²) >= 11 is 1.72. The van der Waals surface area contributed by atoms with Gasteiger partial charge in [-0.1, -0.05) is 38.1 Å². The molecule has 0 bridgehead atoms. The van der Waals surface area contributed by atoms with Gasteiger partial charge in [0.1, 0.15) is 18.9 Å². The van der Waals surface area contributed by atoms with Crippen LogP contribution in [-0.4, -0.2) is 47.9 Å². The number of ether oxygens (including phenoxy) is 1. The monoisotopic (exact) mass is 412 g/mol. The van der Waals surface area contributed by atoms with Crippen molar-refractivity contribution in [3.05, 3.63) is 64.9 Å². The van der Waals surface area contributed by atoms with Gasteiger partial charge in [0.2, 0.25) is 11.8 Å². The Morgan fingerprint density at radius 2 is 2.07 bits per heavy atom. The van der Waals surface area contributed by atoms with Gasteiger partial charge in [-0.2, -0.15) is 0 Å². The molecule has 2 amide bonds. The molecule has 0 aliphatic carbocycles. The van der Waals surface area contributed by atoms with E-state index in [0.717, 1.165) is 17.7 Å². The summed E-state index contributed by atoms with van der Waals surface area (Å²) in [6.07, 6.45) is 2.50. The zero-order valence-corrected chi connectivity index (χ0v) is 17.9. The minimum Gasteiger partial charge on any atom is -0.491 e. The summed E-state index contributed by atoms with van der Waals surface area (Å²) in [4.78, 5) is 30.4. The van der Waals surface area contributed by atoms with Crippen LogP contribution >= 0.6 is 11.3 Å². The van der Waals surface area contributed by atoms with Crippen LogP contribution in [0.25, 0.3) is 0 Å². The van der Waals surface area contributed by atoms with Crippen molar-refractivity contribution in [3.8, 4) is 5.75 Å². The first kappa shape index (κ1) is 21.1. The van der Waals surface area contributed by atoms with Crippen molar-refractivity contribution in [2.45, 2.75) is 26.3 Å². The van der Waals surface area contributed by atoms with Gasteiger partial charge in [-0.3, -0.25) is 9.59 Å². The second-order valence-electron chi connectivity index (χ2n) is 7.44. The summed E-state index contributed by atoms with van der Waals surface area (Å²) in [5.74, 6) is 0.526. The Kier molecular flexibility index (Phi) is 7.09. The predicted molar refractivity (Wildman–Crippen MR) is 116 cm³/mol. The fourth-order valence-electron chi connectivity index (χ4n) is 3.57.